The van der Waals surface area contributed by atoms with E-state index in [-0.39, 0.29) is 13.1 Å². The minimum atomic E-state index is -0.565. The van der Waals surface area contributed by atoms with E-state index in [0.717, 1.165) is 5.56 Å². The van der Waals surface area contributed by atoms with Gasteiger partial charge >= 0.3 is 12.2 Å². The summed E-state index contributed by atoms with van der Waals surface area (Å²) in [6.45, 7) is 6.56. The van der Waals surface area contributed by atoms with Crippen LogP contribution in [0.3, 0.4) is 0 Å². The van der Waals surface area contributed by atoms with Gasteiger partial charge in [0.2, 0.25) is 0 Å². The molecule has 1 rings (SSSR count). The summed E-state index contributed by atoms with van der Waals surface area (Å²) in [5.41, 5.74) is 0.448. The Morgan fingerprint density at radius 2 is 1.88 bits per heavy atom. The number of ether oxygens (including phenoxy) is 3. The lowest BCUT2D eigenvalue weighted by molar-refractivity contribution is 0.0523. The molecule has 8 heteroatoms. The van der Waals surface area contributed by atoms with Crippen LogP contribution in [0.5, 0.6) is 11.5 Å². The molecule has 2 amide bonds. The minimum absolute atomic E-state index is 0.249. The van der Waals surface area contributed by atoms with E-state index in [0.29, 0.717) is 18.0 Å². The maximum atomic E-state index is 12.2. The molecular formula is C18H29N3O5. The van der Waals surface area contributed by atoms with Crippen LogP contribution < -0.4 is 20.1 Å². The third-order valence-corrected chi connectivity index (χ3v) is 3.23. The van der Waals surface area contributed by atoms with E-state index < -0.39 is 17.8 Å². The molecule has 0 unspecified atom stereocenters. The van der Waals surface area contributed by atoms with Crippen molar-refractivity contribution in [3.63, 3.8) is 0 Å². The van der Waals surface area contributed by atoms with Crippen molar-refractivity contribution >= 4 is 12.2 Å². The molecule has 0 bridgehead atoms. The molecule has 0 saturated carbocycles. The fraction of sp³-hybridized carbons (Fsp3) is 0.556. The van der Waals surface area contributed by atoms with Gasteiger partial charge in [0.15, 0.2) is 11.5 Å². The van der Waals surface area contributed by atoms with E-state index in [1.165, 1.54) is 12.0 Å². The van der Waals surface area contributed by atoms with Gasteiger partial charge < -0.3 is 29.7 Å². The molecule has 2 N–H and O–H groups in total. The van der Waals surface area contributed by atoms with Crippen LogP contribution in [-0.4, -0.2) is 57.0 Å². The van der Waals surface area contributed by atoms with Crippen LogP contribution in [0.15, 0.2) is 18.2 Å². The van der Waals surface area contributed by atoms with Crippen molar-refractivity contribution in [3.8, 4) is 11.5 Å². The van der Waals surface area contributed by atoms with E-state index in [2.05, 4.69) is 10.6 Å². The smallest absolute Gasteiger partial charge is 0.415 e. The molecule has 146 valence electrons. The summed E-state index contributed by atoms with van der Waals surface area (Å²) in [4.78, 5) is 25.1. The lowest BCUT2D eigenvalue weighted by Crippen LogP contribution is -2.39. The first-order valence-electron chi connectivity index (χ1n) is 8.37. The maximum Gasteiger partial charge on any atom is 0.415 e. The Kier molecular flexibility index (Phi) is 8.18. The second-order valence-corrected chi connectivity index (χ2v) is 6.73. The number of carbonyl (C=O) groups is 2. The lowest BCUT2D eigenvalue weighted by Gasteiger charge is -2.21. The minimum Gasteiger partial charge on any atom is -0.493 e. The van der Waals surface area contributed by atoms with Gasteiger partial charge in [-0.15, -0.1) is 0 Å². The Balaban J connectivity index is 2.53. The van der Waals surface area contributed by atoms with Gasteiger partial charge in [0.25, 0.3) is 0 Å². The van der Waals surface area contributed by atoms with Crippen LogP contribution in [0.4, 0.5) is 9.59 Å². The number of hydrogen-bond acceptors (Lipinski definition) is 6. The van der Waals surface area contributed by atoms with Crippen LogP contribution in [0.1, 0.15) is 26.3 Å². The Morgan fingerprint density at radius 3 is 2.46 bits per heavy atom. The van der Waals surface area contributed by atoms with Gasteiger partial charge in [-0.05, 0) is 45.5 Å². The first-order valence-corrected chi connectivity index (χ1v) is 8.37. The second-order valence-electron chi connectivity index (χ2n) is 6.73. The van der Waals surface area contributed by atoms with Crippen molar-refractivity contribution in [2.75, 3.05) is 34.3 Å². The van der Waals surface area contributed by atoms with Crippen molar-refractivity contribution in [3.05, 3.63) is 23.8 Å². The molecule has 0 aliphatic heterocycles. The largest absolute Gasteiger partial charge is 0.493 e. The normalized spacial score (nSPS) is 10.8. The lowest BCUT2D eigenvalue weighted by atomic mass is 10.2. The molecule has 1 aromatic carbocycles. The SMILES string of the molecule is CNCc1ccc(OC(=O)N(C)CCNC(=O)OC(C)(C)C)c(OC)c1. The van der Waals surface area contributed by atoms with E-state index in [4.69, 9.17) is 14.2 Å². The molecule has 0 radical (unpaired) electrons. The highest BCUT2D eigenvalue weighted by molar-refractivity contribution is 5.72. The van der Waals surface area contributed by atoms with E-state index >= 15 is 0 Å². The number of nitrogens with one attached hydrogen (secondary N) is 2. The number of benzene rings is 1. The molecule has 0 fully saturated rings. The maximum absolute atomic E-state index is 12.2. The quantitative estimate of drug-likeness (QED) is 0.769. The molecule has 0 spiro atoms. The van der Waals surface area contributed by atoms with Crippen molar-refractivity contribution in [2.45, 2.75) is 32.9 Å². The van der Waals surface area contributed by atoms with Crippen LogP contribution in [0.25, 0.3) is 0 Å². The van der Waals surface area contributed by atoms with Crippen molar-refractivity contribution in [1.82, 2.24) is 15.5 Å². The summed E-state index contributed by atoms with van der Waals surface area (Å²) >= 11 is 0. The molecule has 0 heterocycles. The molecule has 0 aliphatic rings. The van der Waals surface area contributed by atoms with Gasteiger partial charge in [0.05, 0.1) is 7.11 Å². The van der Waals surface area contributed by atoms with Crippen LogP contribution in [-0.2, 0) is 11.3 Å². The molecule has 8 nitrogen and oxygen atoms in total. The first kappa shape index (κ1) is 21.6. The summed E-state index contributed by atoms with van der Waals surface area (Å²) in [7, 11) is 4.95. The van der Waals surface area contributed by atoms with E-state index in [1.807, 2.05) is 19.2 Å². The average molecular weight is 367 g/mol. The zero-order valence-corrected chi connectivity index (χ0v) is 16.3. The van der Waals surface area contributed by atoms with Crippen LogP contribution >= 0.6 is 0 Å². The molecule has 26 heavy (non-hydrogen) atoms. The predicted molar refractivity (Wildman–Crippen MR) is 98.6 cm³/mol. The fourth-order valence-corrected chi connectivity index (χ4v) is 2.01. The topological polar surface area (TPSA) is 89.1 Å². The summed E-state index contributed by atoms with van der Waals surface area (Å²) < 4.78 is 15.8. The van der Waals surface area contributed by atoms with Crippen molar-refractivity contribution < 1.29 is 23.8 Å². The van der Waals surface area contributed by atoms with Crippen molar-refractivity contribution in [1.29, 1.82) is 0 Å². The van der Waals surface area contributed by atoms with E-state index in [9.17, 15) is 9.59 Å². The highest BCUT2D eigenvalue weighted by Crippen LogP contribution is 2.28. The highest BCUT2D eigenvalue weighted by atomic mass is 16.6. The Hall–Kier alpha value is -2.48. The molecule has 0 aromatic heterocycles. The zero-order chi connectivity index (χ0) is 19.7. The van der Waals surface area contributed by atoms with Gasteiger partial charge in [-0.3, -0.25) is 0 Å². The molecule has 1 aromatic rings. The van der Waals surface area contributed by atoms with Crippen molar-refractivity contribution in [2.24, 2.45) is 0 Å². The summed E-state index contributed by atoms with van der Waals surface area (Å²) in [5, 5.41) is 5.63. The van der Waals surface area contributed by atoms with Gasteiger partial charge in [0.1, 0.15) is 5.60 Å². The molecule has 0 saturated heterocycles. The number of likely N-dealkylation sites (N-methyl/N-ethyl adjacent to an activating group) is 1. The molecule has 0 aliphatic carbocycles. The van der Waals surface area contributed by atoms with E-state index in [1.54, 1.807) is 33.9 Å². The molecular weight excluding hydrogens is 338 g/mol. The monoisotopic (exact) mass is 367 g/mol. The zero-order valence-electron chi connectivity index (χ0n) is 16.3. The summed E-state index contributed by atoms with van der Waals surface area (Å²) in [5.74, 6) is 0.815. The highest BCUT2D eigenvalue weighted by Gasteiger charge is 2.17. The van der Waals surface area contributed by atoms with Crippen LogP contribution in [0.2, 0.25) is 0 Å². The van der Waals surface area contributed by atoms with Gasteiger partial charge in [-0.1, -0.05) is 6.07 Å². The fourth-order valence-electron chi connectivity index (χ4n) is 2.01. The summed E-state index contributed by atoms with van der Waals surface area (Å²) in [6.07, 6.45) is -1.07. The predicted octanol–water partition coefficient (Wildman–Crippen LogP) is 2.37. The number of amides is 2. The Labute approximate surface area is 154 Å². The Morgan fingerprint density at radius 1 is 1.19 bits per heavy atom. The van der Waals surface area contributed by atoms with Gasteiger partial charge in [-0.2, -0.15) is 0 Å². The number of carbonyl (C=O) groups excluding carboxylic acids is 2. The number of methoxy groups -OCH3 is 1. The standard InChI is InChI=1S/C18H29N3O5/c1-18(2,3)26-16(22)20-9-10-21(5)17(23)25-14-8-7-13(12-19-4)11-15(14)24-6/h7-8,11,19H,9-10,12H2,1-6H3,(H,20,22). The Bertz CT molecular complexity index is 613. The van der Waals surface area contributed by atoms with Gasteiger partial charge in [0, 0.05) is 26.7 Å². The number of rotatable bonds is 7. The van der Waals surface area contributed by atoms with Crippen LogP contribution in [0, 0.1) is 0 Å². The molecule has 0 atom stereocenters. The number of nitrogens with zero attached hydrogens (tertiary/aromatic N) is 1. The number of hydrogen-bond donors (Lipinski definition) is 2. The average Bonchev–Trinajstić information content (AvgIpc) is 2.54. The number of alkyl carbamates (subject to hydrolysis) is 1. The third kappa shape index (κ3) is 7.60. The summed E-state index contributed by atoms with van der Waals surface area (Å²) in [6, 6.07) is 5.35. The third-order valence-electron chi connectivity index (χ3n) is 3.23. The first-order chi connectivity index (χ1) is 12.2. The van der Waals surface area contributed by atoms with Gasteiger partial charge in [-0.25, -0.2) is 9.59 Å². The second kappa shape index (κ2) is 9.86.